The van der Waals surface area contributed by atoms with E-state index in [2.05, 4.69) is 4.98 Å². The lowest BCUT2D eigenvalue weighted by molar-refractivity contribution is 0.627. The van der Waals surface area contributed by atoms with Crippen molar-refractivity contribution < 1.29 is 0 Å². The van der Waals surface area contributed by atoms with Crippen molar-refractivity contribution in [1.29, 1.82) is 0 Å². The zero-order valence-corrected chi connectivity index (χ0v) is 9.51. The van der Waals surface area contributed by atoms with Crippen molar-refractivity contribution in [2.45, 2.75) is 19.9 Å². The Bertz CT molecular complexity index is 541. The van der Waals surface area contributed by atoms with Crippen LogP contribution in [0.25, 0.3) is 10.9 Å². The standard InChI is InChI=1S/C11H13ClN2O/c1-7-5-9-3-4-14(8(2)6-12)10(9)11(15)13-7/h3-5,8H,6H2,1-2H3,(H,13,15). The number of aryl methyl sites for hydroxylation is 1. The smallest absolute Gasteiger partial charge is 0.272 e. The molecule has 0 fully saturated rings. The van der Waals surface area contributed by atoms with Gasteiger partial charge in [0.25, 0.3) is 5.56 Å². The summed E-state index contributed by atoms with van der Waals surface area (Å²) in [5, 5.41) is 0.966. The van der Waals surface area contributed by atoms with Crippen molar-refractivity contribution in [2.75, 3.05) is 5.88 Å². The number of nitrogens with zero attached hydrogens (tertiary/aromatic N) is 1. The molecule has 0 radical (unpaired) electrons. The molecule has 3 nitrogen and oxygen atoms in total. The topological polar surface area (TPSA) is 37.8 Å². The van der Waals surface area contributed by atoms with Gasteiger partial charge in [-0.15, -0.1) is 11.6 Å². The number of hydrogen-bond donors (Lipinski definition) is 1. The minimum Gasteiger partial charge on any atom is -0.339 e. The first-order valence-electron chi connectivity index (χ1n) is 4.90. The second-order valence-corrected chi connectivity index (χ2v) is 4.12. The SMILES string of the molecule is Cc1cc2ccn(C(C)CCl)c2c(=O)[nH]1. The van der Waals surface area contributed by atoms with E-state index in [4.69, 9.17) is 11.6 Å². The number of aromatic amines is 1. The molecule has 4 heteroatoms. The summed E-state index contributed by atoms with van der Waals surface area (Å²) in [6.45, 7) is 3.87. The highest BCUT2D eigenvalue weighted by atomic mass is 35.5. The van der Waals surface area contributed by atoms with Crippen molar-refractivity contribution in [3.63, 3.8) is 0 Å². The first-order chi connectivity index (χ1) is 7.13. The maximum Gasteiger partial charge on any atom is 0.272 e. The van der Waals surface area contributed by atoms with Crippen molar-refractivity contribution >= 4 is 22.5 Å². The molecule has 15 heavy (non-hydrogen) atoms. The number of aromatic nitrogens is 2. The van der Waals surface area contributed by atoms with E-state index in [9.17, 15) is 4.79 Å². The summed E-state index contributed by atoms with van der Waals surface area (Å²) in [5.41, 5.74) is 1.53. The van der Waals surface area contributed by atoms with Crippen LogP contribution in [-0.2, 0) is 0 Å². The van der Waals surface area contributed by atoms with Crippen LogP contribution in [0.5, 0.6) is 0 Å². The predicted octanol–water partition coefficient (Wildman–Crippen LogP) is 2.44. The number of fused-ring (bicyclic) bond motifs is 1. The summed E-state index contributed by atoms with van der Waals surface area (Å²) in [4.78, 5) is 14.6. The van der Waals surface area contributed by atoms with Crippen molar-refractivity contribution in [1.82, 2.24) is 9.55 Å². The van der Waals surface area contributed by atoms with Gasteiger partial charge >= 0.3 is 0 Å². The van der Waals surface area contributed by atoms with E-state index in [1.807, 2.05) is 36.7 Å². The van der Waals surface area contributed by atoms with Crippen molar-refractivity contribution in [2.24, 2.45) is 0 Å². The van der Waals surface area contributed by atoms with Crippen molar-refractivity contribution in [3.8, 4) is 0 Å². The molecule has 0 saturated heterocycles. The first kappa shape index (κ1) is 10.3. The number of pyridine rings is 1. The van der Waals surface area contributed by atoms with Crippen LogP contribution >= 0.6 is 11.6 Å². The van der Waals surface area contributed by atoms with Crippen LogP contribution in [0.4, 0.5) is 0 Å². The number of hydrogen-bond acceptors (Lipinski definition) is 1. The average Bonchev–Trinajstić information content (AvgIpc) is 2.60. The maximum atomic E-state index is 11.8. The molecule has 80 valence electrons. The number of halogens is 1. The van der Waals surface area contributed by atoms with Gasteiger partial charge in [0.2, 0.25) is 0 Å². The van der Waals surface area contributed by atoms with Crippen LogP contribution in [0, 0.1) is 6.92 Å². The van der Waals surface area contributed by atoms with Crippen LogP contribution in [-0.4, -0.2) is 15.4 Å². The fourth-order valence-electron chi connectivity index (χ4n) is 1.78. The van der Waals surface area contributed by atoms with Gasteiger partial charge in [-0.2, -0.15) is 0 Å². The van der Waals surface area contributed by atoms with Gasteiger partial charge in [0.05, 0.1) is 0 Å². The fraction of sp³-hybridized carbons (Fsp3) is 0.364. The lowest BCUT2D eigenvalue weighted by Crippen LogP contribution is -2.14. The predicted molar refractivity (Wildman–Crippen MR) is 62.7 cm³/mol. The molecule has 0 saturated carbocycles. The Kier molecular flexibility index (Phi) is 2.57. The highest BCUT2D eigenvalue weighted by Crippen LogP contribution is 2.17. The summed E-state index contributed by atoms with van der Waals surface area (Å²) < 4.78 is 1.92. The molecule has 2 aromatic rings. The Morgan fingerprint density at radius 3 is 3.00 bits per heavy atom. The van der Waals surface area contributed by atoms with E-state index in [1.165, 1.54) is 0 Å². The van der Waals surface area contributed by atoms with Gasteiger partial charge < -0.3 is 9.55 Å². The maximum absolute atomic E-state index is 11.8. The Labute approximate surface area is 92.7 Å². The van der Waals surface area contributed by atoms with Crippen LogP contribution in [0.15, 0.2) is 23.1 Å². The van der Waals surface area contributed by atoms with Gasteiger partial charge in [-0.25, -0.2) is 0 Å². The summed E-state index contributed by atoms with van der Waals surface area (Å²) in [5.74, 6) is 0.497. The third-order valence-electron chi connectivity index (χ3n) is 2.54. The Morgan fingerprint density at radius 2 is 2.33 bits per heavy atom. The van der Waals surface area contributed by atoms with E-state index < -0.39 is 0 Å². The van der Waals surface area contributed by atoms with Crippen LogP contribution in [0.2, 0.25) is 0 Å². The average molecular weight is 225 g/mol. The second kappa shape index (κ2) is 3.74. The molecular formula is C11H13ClN2O. The van der Waals surface area contributed by atoms with Gasteiger partial charge in [0.1, 0.15) is 5.52 Å². The quantitative estimate of drug-likeness (QED) is 0.782. The third kappa shape index (κ3) is 1.67. The minimum absolute atomic E-state index is 0.0491. The normalized spacial score (nSPS) is 13.3. The number of nitrogens with one attached hydrogen (secondary N) is 1. The van der Waals surface area contributed by atoms with Crippen molar-refractivity contribution in [3.05, 3.63) is 34.4 Å². The summed E-state index contributed by atoms with van der Waals surface area (Å²) in [6, 6.07) is 4.04. The molecule has 0 aliphatic heterocycles. The molecule has 2 aromatic heterocycles. The minimum atomic E-state index is -0.0491. The number of H-pyrrole nitrogens is 1. The first-order valence-corrected chi connectivity index (χ1v) is 5.43. The molecular weight excluding hydrogens is 212 g/mol. The third-order valence-corrected chi connectivity index (χ3v) is 2.99. The molecule has 1 unspecified atom stereocenters. The van der Waals surface area contributed by atoms with E-state index >= 15 is 0 Å². The monoisotopic (exact) mass is 224 g/mol. The molecule has 1 atom stereocenters. The van der Waals surface area contributed by atoms with Gasteiger partial charge in [-0.05, 0) is 26.0 Å². The largest absolute Gasteiger partial charge is 0.339 e. The molecule has 0 amide bonds. The molecule has 2 rings (SSSR count). The number of rotatable bonds is 2. The summed E-state index contributed by atoms with van der Waals surface area (Å²) >= 11 is 5.79. The second-order valence-electron chi connectivity index (χ2n) is 3.81. The van der Waals surface area contributed by atoms with E-state index in [-0.39, 0.29) is 11.6 Å². The lowest BCUT2D eigenvalue weighted by Gasteiger charge is -2.10. The Balaban J connectivity index is 2.75. The van der Waals surface area contributed by atoms with Gasteiger partial charge in [-0.3, -0.25) is 4.79 Å². The van der Waals surface area contributed by atoms with Gasteiger partial charge in [0, 0.05) is 29.2 Å². The van der Waals surface area contributed by atoms with E-state index in [0.717, 1.165) is 11.1 Å². The molecule has 0 aliphatic carbocycles. The highest BCUT2D eigenvalue weighted by Gasteiger charge is 2.10. The summed E-state index contributed by atoms with van der Waals surface area (Å²) in [6.07, 6.45) is 1.91. The molecule has 0 aliphatic rings. The molecule has 2 heterocycles. The zero-order valence-electron chi connectivity index (χ0n) is 8.75. The molecule has 1 N–H and O–H groups in total. The molecule has 0 aromatic carbocycles. The summed E-state index contributed by atoms with van der Waals surface area (Å²) in [7, 11) is 0. The van der Waals surface area contributed by atoms with Gasteiger partial charge in [-0.1, -0.05) is 0 Å². The van der Waals surface area contributed by atoms with E-state index in [0.29, 0.717) is 11.4 Å². The highest BCUT2D eigenvalue weighted by molar-refractivity contribution is 6.18. The Morgan fingerprint density at radius 1 is 1.60 bits per heavy atom. The van der Waals surface area contributed by atoms with Crippen LogP contribution in [0.1, 0.15) is 18.7 Å². The van der Waals surface area contributed by atoms with Gasteiger partial charge in [0.15, 0.2) is 0 Å². The fourth-order valence-corrected chi connectivity index (χ4v) is 1.93. The van der Waals surface area contributed by atoms with Crippen LogP contribution < -0.4 is 5.56 Å². The van der Waals surface area contributed by atoms with E-state index in [1.54, 1.807) is 0 Å². The molecule has 0 spiro atoms. The van der Waals surface area contributed by atoms with Crippen LogP contribution in [0.3, 0.4) is 0 Å². The molecule has 0 bridgehead atoms. The lowest BCUT2D eigenvalue weighted by atomic mass is 10.2. The number of alkyl halides is 1. The Hall–Kier alpha value is -1.22. The zero-order chi connectivity index (χ0) is 11.0.